The average molecular weight is 259 g/mol. The van der Waals surface area contributed by atoms with Gasteiger partial charge in [0.1, 0.15) is 5.75 Å². The molecular weight excluding hydrogens is 244 g/mol. The number of halogens is 2. The Kier molecular flexibility index (Phi) is 5.51. The number of nitrogens with one attached hydrogen (secondary N) is 1. The minimum Gasteiger partial charge on any atom is -0.435 e. The molecule has 1 unspecified atom stereocenters. The number of rotatable bonds is 6. The first-order chi connectivity index (χ1) is 8.47. The van der Waals surface area contributed by atoms with E-state index in [1.807, 2.05) is 0 Å². The smallest absolute Gasteiger partial charge is 0.387 e. The van der Waals surface area contributed by atoms with Crippen molar-refractivity contribution < 1.29 is 23.4 Å². The van der Waals surface area contributed by atoms with Crippen LogP contribution in [0.5, 0.6) is 5.75 Å². The number of hydrogen-bond acceptors (Lipinski definition) is 3. The Bertz CT molecular complexity index is 379. The van der Waals surface area contributed by atoms with Gasteiger partial charge < -0.3 is 15.2 Å². The second-order valence-electron chi connectivity index (χ2n) is 3.84. The second-order valence-corrected chi connectivity index (χ2v) is 3.84. The van der Waals surface area contributed by atoms with E-state index < -0.39 is 12.7 Å². The minimum absolute atomic E-state index is 0.0342. The lowest BCUT2D eigenvalue weighted by Gasteiger charge is -2.08. The van der Waals surface area contributed by atoms with Crippen molar-refractivity contribution in [2.45, 2.75) is 32.5 Å². The molecule has 0 saturated heterocycles. The van der Waals surface area contributed by atoms with Gasteiger partial charge in [-0.2, -0.15) is 8.78 Å². The summed E-state index contributed by atoms with van der Waals surface area (Å²) < 4.78 is 28.0. The van der Waals surface area contributed by atoms with Crippen molar-refractivity contribution in [3.05, 3.63) is 24.3 Å². The van der Waals surface area contributed by atoms with E-state index in [4.69, 9.17) is 5.11 Å². The zero-order chi connectivity index (χ0) is 13.5. The molecular formula is C12H15F2NO3. The average Bonchev–Trinajstić information content (AvgIpc) is 2.28. The molecule has 100 valence electrons. The Morgan fingerprint density at radius 1 is 1.39 bits per heavy atom. The van der Waals surface area contributed by atoms with Crippen molar-refractivity contribution in [2.75, 3.05) is 5.32 Å². The van der Waals surface area contributed by atoms with Crippen LogP contribution in [0.25, 0.3) is 0 Å². The number of aliphatic hydroxyl groups excluding tert-OH is 1. The molecule has 2 N–H and O–H groups in total. The highest BCUT2D eigenvalue weighted by Crippen LogP contribution is 2.17. The lowest BCUT2D eigenvalue weighted by Crippen LogP contribution is -2.14. The lowest BCUT2D eigenvalue weighted by molar-refractivity contribution is -0.116. The summed E-state index contributed by atoms with van der Waals surface area (Å²) >= 11 is 0. The molecule has 18 heavy (non-hydrogen) atoms. The molecule has 0 radical (unpaired) electrons. The Hall–Kier alpha value is -1.69. The van der Waals surface area contributed by atoms with Crippen LogP contribution in [-0.4, -0.2) is 23.7 Å². The van der Waals surface area contributed by atoms with Gasteiger partial charge >= 0.3 is 6.61 Å². The molecule has 1 aromatic rings. The molecule has 4 nitrogen and oxygen atoms in total. The van der Waals surface area contributed by atoms with Crippen LogP contribution in [0.4, 0.5) is 14.5 Å². The van der Waals surface area contributed by atoms with Crippen molar-refractivity contribution in [1.29, 1.82) is 0 Å². The molecule has 0 heterocycles. The SMILES string of the molecule is CC(O)CCC(=O)Nc1ccc(OC(F)F)cc1. The quantitative estimate of drug-likeness (QED) is 0.824. The van der Waals surface area contributed by atoms with Gasteiger partial charge in [-0.3, -0.25) is 4.79 Å². The molecule has 6 heteroatoms. The summed E-state index contributed by atoms with van der Waals surface area (Å²) in [4.78, 5) is 11.4. The van der Waals surface area contributed by atoms with E-state index in [2.05, 4.69) is 10.1 Å². The van der Waals surface area contributed by atoms with Crippen molar-refractivity contribution in [3.63, 3.8) is 0 Å². The molecule has 0 aliphatic carbocycles. The molecule has 1 amide bonds. The number of carbonyl (C=O) groups excluding carboxylic acids is 1. The van der Waals surface area contributed by atoms with Gasteiger partial charge in [0.15, 0.2) is 0 Å². The predicted molar refractivity (Wildman–Crippen MR) is 62.6 cm³/mol. The van der Waals surface area contributed by atoms with E-state index in [1.54, 1.807) is 6.92 Å². The molecule has 0 fully saturated rings. The summed E-state index contributed by atoms with van der Waals surface area (Å²) in [6, 6.07) is 5.63. The van der Waals surface area contributed by atoms with Crippen molar-refractivity contribution in [3.8, 4) is 5.75 Å². The van der Waals surface area contributed by atoms with Crippen LogP contribution in [0.2, 0.25) is 0 Å². The molecule has 0 aromatic heterocycles. The van der Waals surface area contributed by atoms with Crippen LogP contribution in [-0.2, 0) is 4.79 Å². The van der Waals surface area contributed by atoms with Gasteiger partial charge in [-0.25, -0.2) is 0 Å². The highest BCUT2D eigenvalue weighted by molar-refractivity contribution is 5.90. The third-order valence-electron chi connectivity index (χ3n) is 2.15. The molecule has 0 aliphatic heterocycles. The maximum Gasteiger partial charge on any atom is 0.387 e. The number of amides is 1. The van der Waals surface area contributed by atoms with Gasteiger partial charge in [0.2, 0.25) is 5.91 Å². The van der Waals surface area contributed by atoms with Crippen molar-refractivity contribution in [2.24, 2.45) is 0 Å². The van der Waals surface area contributed by atoms with Crippen LogP contribution < -0.4 is 10.1 Å². The first-order valence-corrected chi connectivity index (χ1v) is 5.50. The summed E-state index contributed by atoms with van der Waals surface area (Å²) in [7, 11) is 0. The van der Waals surface area contributed by atoms with Crippen LogP contribution >= 0.6 is 0 Å². The van der Waals surface area contributed by atoms with E-state index in [0.717, 1.165) is 0 Å². The van der Waals surface area contributed by atoms with Crippen LogP contribution in [0.1, 0.15) is 19.8 Å². The fraction of sp³-hybridized carbons (Fsp3) is 0.417. The maximum absolute atomic E-state index is 11.9. The molecule has 1 atom stereocenters. The van der Waals surface area contributed by atoms with Crippen LogP contribution in [0.3, 0.4) is 0 Å². The third kappa shape index (κ3) is 5.58. The van der Waals surface area contributed by atoms with Crippen molar-refractivity contribution >= 4 is 11.6 Å². The van der Waals surface area contributed by atoms with Gasteiger partial charge in [-0.1, -0.05) is 0 Å². The summed E-state index contributed by atoms with van der Waals surface area (Å²) in [6.07, 6.45) is 0.0447. The van der Waals surface area contributed by atoms with E-state index in [-0.39, 0.29) is 18.1 Å². The third-order valence-corrected chi connectivity index (χ3v) is 2.15. The highest BCUT2D eigenvalue weighted by atomic mass is 19.3. The number of anilines is 1. The normalized spacial score (nSPS) is 12.3. The molecule has 1 aromatic carbocycles. The number of ether oxygens (including phenoxy) is 1. The Labute approximate surface area is 104 Å². The summed E-state index contributed by atoms with van der Waals surface area (Å²) in [5.74, 6) is -0.203. The second kappa shape index (κ2) is 6.90. The number of aliphatic hydroxyl groups is 1. The van der Waals surface area contributed by atoms with Gasteiger partial charge in [0.25, 0.3) is 0 Å². The monoisotopic (exact) mass is 259 g/mol. The number of alkyl halides is 2. The van der Waals surface area contributed by atoms with Gasteiger partial charge in [0.05, 0.1) is 6.10 Å². The fourth-order valence-corrected chi connectivity index (χ4v) is 1.28. The fourth-order valence-electron chi connectivity index (χ4n) is 1.28. The van der Waals surface area contributed by atoms with Crippen LogP contribution in [0.15, 0.2) is 24.3 Å². The summed E-state index contributed by atoms with van der Waals surface area (Å²) in [5, 5.41) is 11.6. The lowest BCUT2D eigenvalue weighted by atomic mass is 10.2. The standard InChI is InChI=1S/C12H15F2NO3/c1-8(16)2-7-11(17)15-9-3-5-10(6-4-9)18-12(13)14/h3-6,8,12,16H,2,7H2,1H3,(H,15,17). The zero-order valence-electron chi connectivity index (χ0n) is 9.90. The van der Waals surface area contributed by atoms with Gasteiger partial charge in [-0.15, -0.1) is 0 Å². The topological polar surface area (TPSA) is 58.6 Å². The summed E-state index contributed by atoms with van der Waals surface area (Å²) in [6.45, 7) is -1.26. The molecule has 0 saturated carbocycles. The largest absolute Gasteiger partial charge is 0.435 e. The Morgan fingerprint density at radius 2 is 2.00 bits per heavy atom. The van der Waals surface area contributed by atoms with E-state index in [1.165, 1.54) is 24.3 Å². The maximum atomic E-state index is 11.9. The van der Waals surface area contributed by atoms with Crippen molar-refractivity contribution in [1.82, 2.24) is 0 Å². The molecule has 1 rings (SSSR count). The molecule has 0 aliphatic rings. The van der Waals surface area contributed by atoms with E-state index in [0.29, 0.717) is 12.1 Å². The Morgan fingerprint density at radius 3 is 2.50 bits per heavy atom. The molecule has 0 spiro atoms. The number of hydrogen-bond donors (Lipinski definition) is 2. The molecule has 0 bridgehead atoms. The highest BCUT2D eigenvalue weighted by Gasteiger charge is 2.06. The zero-order valence-corrected chi connectivity index (χ0v) is 9.90. The van der Waals surface area contributed by atoms with Crippen LogP contribution in [0, 0.1) is 0 Å². The van der Waals surface area contributed by atoms with E-state index in [9.17, 15) is 13.6 Å². The first kappa shape index (κ1) is 14.4. The predicted octanol–water partition coefficient (Wildman–Crippen LogP) is 2.39. The van der Waals surface area contributed by atoms with Gasteiger partial charge in [-0.05, 0) is 37.6 Å². The number of benzene rings is 1. The summed E-state index contributed by atoms with van der Waals surface area (Å²) in [5.41, 5.74) is 0.493. The number of carbonyl (C=O) groups is 1. The van der Waals surface area contributed by atoms with Gasteiger partial charge in [0, 0.05) is 12.1 Å². The minimum atomic E-state index is -2.86. The first-order valence-electron chi connectivity index (χ1n) is 5.50. The van der Waals surface area contributed by atoms with E-state index >= 15 is 0 Å². The Balaban J connectivity index is 2.45.